The first-order valence-corrected chi connectivity index (χ1v) is 11.3. The minimum atomic E-state index is -3.64. The molecule has 0 saturated carbocycles. The molecular weight excluding hydrogens is 435 g/mol. The third-order valence-corrected chi connectivity index (χ3v) is 7.03. The van der Waals surface area contributed by atoms with Gasteiger partial charge >= 0.3 is 0 Å². The summed E-state index contributed by atoms with van der Waals surface area (Å²) >= 11 is 12.0. The van der Waals surface area contributed by atoms with E-state index < -0.39 is 10.0 Å². The van der Waals surface area contributed by atoms with Crippen LogP contribution in [0.2, 0.25) is 10.0 Å². The Kier molecular flexibility index (Phi) is 6.86. The number of hydrogen-bond donors (Lipinski definition) is 1. The maximum absolute atomic E-state index is 12.9. The molecule has 156 valence electrons. The number of nitrogens with zero attached hydrogens (tertiary/aromatic N) is 1. The fourth-order valence-electron chi connectivity index (χ4n) is 3.20. The molecule has 0 bridgehead atoms. The van der Waals surface area contributed by atoms with E-state index in [1.54, 1.807) is 18.2 Å². The van der Waals surface area contributed by atoms with Gasteiger partial charge in [0.1, 0.15) is 0 Å². The normalized spacial score (nSPS) is 20.4. The van der Waals surface area contributed by atoms with Crippen LogP contribution >= 0.6 is 23.2 Å². The predicted octanol–water partition coefficient (Wildman–Crippen LogP) is 3.72. The van der Waals surface area contributed by atoms with Crippen LogP contribution in [0, 0.1) is 0 Å². The second kappa shape index (κ2) is 9.02. The van der Waals surface area contributed by atoms with E-state index in [1.165, 1.54) is 28.6 Å². The fraction of sp³-hybridized carbons (Fsp3) is 0.350. The summed E-state index contributed by atoms with van der Waals surface area (Å²) in [6.07, 6.45) is -0.337. The van der Waals surface area contributed by atoms with Gasteiger partial charge in [-0.3, -0.25) is 4.79 Å². The molecule has 29 heavy (non-hydrogen) atoms. The van der Waals surface area contributed by atoms with Crippen LogP contribution in [0.4, 0.5) is 0 Å². The molecule has 9 heteroatoms. The minimum Gasteiger partial charge on any atom is -0.373 e. The number of sulfonamides is 1. The zero-order valence-electron chi connectivity index (χ0n) is 16.1. The zero-order valence-corrected chi connectivity index (χ0v) is 18.4. The number of ether oxygens (including phenoxy) is 1. The predicted molar refractivity (Wildman–Crippen MR) is 113 cm³/mol. The molecule has 0 aromatic heterocycles. The van der Waals surface area contributed by atoms with Crippen molar-refractivity contribution in [2.45, 2.75) is 37.5 Å². The van der Waals surface area contributed by atoms with Gasteiger partial charge in [0.2, 0.25) is 10.0 Å². The van der Waals surface area contributed by atoms with Crippen LogP contribution in [-0.2, 0) is 21.3 Å². The van der Waals surface area contributed by atoms with E-state index in [1.807, 2.05) is 13.8 Å². The number of carbonyl (C=O) groups excluding carboxylic acids is 1. The average molecular weight is 457 g/mol. The highest BCUT2D eigenvalue weighted by molar-refractivity contribution is 7.89. The summed E-state index contributed by atoms with van der Waals surface area (Å²) < 4.78 is 32.8. The molecule has 1 saturated heterocycles. The molecule has 0 spiro atoms. The lowest BCUT2D eigenvalue weighted by molar-refractivity contribution is -0.0440. The largest absolute Gasteiger partial charge is 0.373 e. The van der Waals surface area contributed by atoms with Crippen LogP contribution < -0.4 is 5.32 Å². The lowest BCUT2D eigenvalue weighted by Gasteiger charge is -2.34. The maximum Gasteiger partial charge on any atom is 0.251 e. The van der Waals surface area contributed by atoms with Crippen LogP contribution in [0.15, 0.2) is 47.4 Å². The van der Waals surface area contributed by atoms with E-state index in [-0.39, 0.29) is 29.6 Å². The van der Waals surface area contributed by atoms with Crippen molar-refractivity contribution in [1.82, 2.24) is 9.62 Å². The van der Waals surface area contributed by atoms with Gasteiger partial charge in [0, 0.05) is 35.2 Å². The van der Waals surface area contributed by atoms with Gasteiger partial charge in [0.05, 0.1) is 17.1 Å². The molecule has 1 N–H and O–H groups in total. The number of nitrogens with one attached hydrogen (secondary N) is 1. The van der Waals surface area contributed by atoms with Gasteiger partial charge in [-0.25, -0.2) is 8.42 Å². The number of amides is 1. The highest BCUT2D eigenvalue weighted by atomic mass is 35.5. The van der Waals surface area contributed by atoms with Gasteiger partial charge in [-0.15, -0.1) is 0 Å². The second-order valence-corrected chi connectivity index (χ2v) is 9.80. The van der Waals surface area contributed by atoms with Gasteiger partial charge < -0.3 is 10.1 Å². The Balaban J connectivity index is 1.68. The third kappa shape index (κ3) is 5.29. The third-order valence-electron chi connectivity index (χ3n) is 4.59. The lowest BCUT2D eigenvalue weighted by Crippen LogP contribution is -2.48. The first-order valence-electron chi connectivity index (χ1n) is 9.14. The summed E-state index contributed by atoms with van der Waals surface area (Å²) in [5.74, 6) is -0.325. The van der Waals surface area contributed by atoms with Gasteiger partial charge in [0.15, 0.2) is 0 Å². The fourth-order valence-corrected chi connectivity index (χ4v) is 5.26. The van der Waals surface area contributed by atoms with Crippen molar-refractivity contribution >= 4 is 39.1 Å². The first-order chi connectivity index (χ1) is 13.7. The zero-order chi connectivity index (χ0) is 21.2. The molecule has 1 heterocycles. The molecule has 0 radical (unpaired) electrons. The van der Waals surface area contributed by atoms with Crippen LogP contribution in [0.1, 0.15) is 29.8 Å². The van der Waals surface area contributed by atoms with Crippen LogP contribution in [0.3, 0.4) is 0 Å². The van der Waals surface area contributed by atoms with E-state index in [0.717, 1.165) is 5.56 Å². The number of morpholine rings is 1. The molecule has 3 rings (SSSR count). The monoisotopic (exact) mass is 456 g/mol. The van der Waals surface area contributed by atoms with E-state index in [9.17, 15) is 13.2 Å². The number of rotatable bonds is 5. The van der Waals surface area contributed by atoms with Crippen LogP contribution in [0.25, 0.3) is 0 Å². The Morgan fingerprint density at radius 2 is 1.72 bits per heavy atom. The Morgan fingerprint density at radius 1 is 1.10 bits per heavy atom. The van der Waals surface area contributed by atoms with Crippen molar-refractivity contribution in [2.24, 2.45) is 0 Å². The molecule has 0 aliphatic carbocycles. The van der Waals surface area contributed by atoms with Crippen LogP contribution in [0.5, 0.6) is 0 Å². The molecule has 2 aromatic carbocycles. The Morgan fingerprint density at radius 3 is 2.31 bits per heavy atom. The Bertz CT molecular complexity index is 986. The SMILES string of the molecule is CC1CN(S(=O)(=O)c2ccc(C(=O)NCc3ccc(Cl)cc3Cl)cc2)CC(C)O1. The molecule has 6 nitrogen and oxygen atoms in total. The Hall–Kier alpha value is -1.64. The summed E-state index contributed by atoms with van der Waals surface area (Å²) in [4.78, 5) is 12.5. The molecule has 1 amide bonds. The Labute approximate surface area is 180 Å². The molecule has 1 aliphatic heterocycles. The topological polar surface area (TPSA) is 75.7 Å². The number of benzene rings is 2. The standard InChI is InChI=1S/C20H22Cl2N2O4S/c1-13-11-24(12-14(2)28-13)29(26,27)18-7-4-15(5-8-18)20(25)23-10-16-3-6-17(21)9-19(16)22/h3-9,13-14H,10-12H2,1-2H3,(H,23,25). The van der Waals surface area contributed by atoms with E-state index in [4.69, 9.17) is 27.9 Å². The van der Waals surface area contributed by atoms with Crippen molar-refractivity contribution in [2.75, 3.05) is 13.1 Å². The molecule has 1 aliphatic rings. The molecule has 2 atom stereocenters. The summed E-state index contributed by atoms with van der Waals surface area (Å²) in [5.41, 5.74) is 1.09. The van der Waals surface area contributed by atoms with Gasteiger partial charge in [0.25, 0.3) is 5.91 Å². The quantitative estimate of drug-likeness (QED) is 0.743. The summed E-state index contributed by atoms with van der Waals surface area (Å²) in [5, 5.41) is 3.75. The molecule has 2 aromatic rings. The molecule has 2 unspecified atom stereocenters. The van der Waals surface area contributed by atoms with Crippen molar-refractivity contribution in [3.05, 3.63) is 63.6 Å². The summed E-state index contributed by atoms with van der Waals surface area (Å²) in [6.45, 7) is 4.53. The van der Waals surface area contributed by atoms with Crippen molar-refractivity contribution in [3.63, 3.8) is 0 Å². The van der Waals surface area contributed by atoms with Crippen LogP contribution in [-0.4, -0.2) is 43.9 Å². The van der Waals surface area contributed by atoms with Gasteiger partial charge in [-0.1, -0.05) is 29.3 Å². The van der Waals surface area contributed by atoms with Crippen molar-refractivity contribution in [1.29, 1.82) is 0 Å². The lowest BCUT2D eigenvalue weighted by atomic mass is 10.2. The minimum absolute atomic E-state index is 0.149. The molecular formula is C20H22Cl2N2O4S. The molecule has 1 fully saturated rings. The van der Waals surface area contributed by atoms with E-state index in [2.05, 4.69) is 5.32 Å². The van der Waals surface area contributed by atoms with Crippen molar-refractivity contribution < 1.29 is 17.9 Å². The first kappa shape index (κ1) is 22.1. The van der Waals surface area contributed by atoms with Crippen molar-refractivity contribution in [3.8, 4) is 0 Å². The smallest absolute Gasteiger partial charge is 0.251 e. The second-order valence-electron chi connectivity index (χ2n) is 7.02. The highest BCUT2D eigenvalue weighted by Gasteiger charge is 2.32. The average Bonchev–Trinajstić information content (AvgIpc) is 2.66. The van der Waals surface area contributed by atoms with Gasteiger partial charge in [-0.2, -0.15) is 4.31 Å². The summed E-state index contributed by atoms with van der Waals surface area (Å²) in [7, 11) is -3.64. The van der Waals surface area contributed by atoms with E-state index in [0.29, 0.717) is 28.7 Å². The summed E-state index contributed by atoms with van der Waals surface area (Å²) in [6, 6.07) is 10.9. The van der Waals surface area contributed by atoms with Gasteiger partial charge in [-0.05, 0) is 55.8 Å². The number of carbonyl (C=O) groups is 1. The highest BCUT2D eigenvalue weighted by Crippen LogP contribution is 2.22. The van der Waals surface area contributed by atoms with E-state index >= 15 is 0 Å². The maximum atomic E-state index is 12.9. The number of halogens is 2. The number of hydrogen-bond acceptors (Lipinski definition) is 4.